The molecule has 4 nitrogen and oxygen atoms in total. The minimum atomic E-state index is 0.313. The monoisotopic (exact) mass is 205 g/mol. The van der Waals surface area contributed by atoms with Crippen LogP contribution in [0.2, 0.25) is 0 Å². The molecule has 1 aromatic heterocycles. The van der Waals surface area contributed by atoms with E-state index in [0.29, 0.717) is 29.9 Å². The molecule has 0 amide bonds. The van der Waals surface area contributed by atoms with Crippen LogP contribution in [0.15, 0.2) is 17.1 Å². The molecule has 0 aliphatic carbocycles. The Labute approximate surface area is 89.6 Å². The van der Waals surface area contributed by atoms with Gasteiger partial charge in [0.05, 0.1) is 0 Å². The largest absolute Gasteiger partial charge is 0.424 e. The normalized spacial score (nSPS) is 10.0. The van der Waals surface area contributed by atoms with Gasteiger partial charge in [-0.15, -0.1) is 6.58 Å². The maximum atomic E-state index is 8.83. The van der Waals surface area contributed by atoms with Crippen LogP contribution in [0.5, 0.6) is 0 Å². The van der Waals surface area contributed by atoms with Gasteiger partial charge in [0.25, 0.3) is 0 Å². The molecule has 0 radical (unpaired) electrons. The first-order chi connectivity index (χ1) is 7.17. The average Bonchev–Trinajstić information content (AvgIpc) is 2.56. The summed E-state index contributed by atoms with van der Waals surface area (Å²) in [4.78, 5) is 4.10. The van der Waals surface area contributed by atoms with E-state index < -0.39 is 0 Å². The van der Waals surface area contributed by atoms with Gasteiger partial charge in [0.2, 0.25) is 11.6 Å². The van der Waals surface area contributed by atoms with Crippen molar-refractivity contribution in [1.82, 2.24) is 4.98 Å². The first-order valence-corrected chi connectivity index (χ1v) is 4.92. The van der Waals surface area contributed by atoms with Crippen LogP contribution in [-0.4, -0.2) is 11.5 Å². The number of rotatable bonds is 5. The first kappa shape index (κ1) is 11.3. The summed E-state index contributed by atoms with van der Waals surface area (Å²) in [6.45, 7) is 8.29. The summed E-state index contributed by atoms with van der Waals surface area (Å²) < 4.78 is 5.43. The van der Waals surface area contributed by atoms with Crippen LogP contribution in [0.25, 0.3) is 0 Å². The van der Waals surface area contributed by atoms with Crippen molar-refractivity contribution in [1.29, 1.82) is 5.26 Å². The van der Waals surface area contributed by atoms with Crippen molar-refractivity contribution >= 4 is 5.88 Å². The highest BCUT2D eigenvalue weighted by Crippen LogP contribution is 2.18. The zero-order valence-corrected chi connectivity index (χ0v) is 9.08. The van der Waals surface area contributed by atoms with Crippen molar-refractivity contribution in [3.63, 3.8) is 0 Å². The van der Waals surface area contributed by atoms with Gasteiger partial charge < -0.3 is 9.73 Å². The van der Waals surface area contributed by atoms with E-state index in [-0.39, 0.29) is 0 Å². The van der Waals surface area contributed by atoms with Crippen LogP contribution in [0.4, 0.5) is 5.88 Å². The molecule has 0 saturated heterocycles. The van der Waals surface area contributed by atoms with Crippen molar-refractivity contribution in [3.05, 3.63) is 24.2 Å². The van der Waals surface area contributed by atoms with E-state index >= 15 is 0 Å². The van der Waals surface area contributed by atoms with Crippen molar-refractivity contribution in [2.24, 2.45) is 5.92 Å². The molecular formula is C11H15N3O. The van der Waals surface area contributed by atoms with Crippen LogP contribution in [0, 0.1) is 17.2 Å². The molecule has 4 heteroatoms. The van der Waals surface area contributed by atoms with E-state index in [0.717, 1.165) is 6.42 Å². The topological polar surface area (TPSA) is 61.9 Å². The van der Waals surface area contributed by atoms with E-state index in [4.69, 9.17) is 9.68 Å². The lowest BCUT2D eigenvalue weighted by molar-refractivity contribution is 0.467. The van der Waals surface area contributed by atoms with Gasteiger partial charge in [-0.05, 0) is 5.92 Å². The molecule has 0 aliphatic rings. The summed E-state index contributed by atoms with van der Waals surface area (Å²) in [7, 11) is 0. The summed E-state index contributed by atoms with van der Waals surface area (Å²) in [5.74, 6) is 1.50. The molecule has 1 aromatic rings. The smallest absolute Gasteiger partial charge is 0.232 e. The maximum Gasteiger partial charge on any atom is 0.232 e. The Hall–Kier alpha value is -1.76. The highest BCUT2D eigenvalue weighted by atomic mass is 16.4. The lowest BCUT2D eigenvalue weighted by Crippen LogP contribution is -1.97. The molecule has 0 unspecified atom stereocenters. The molecule has 0 saturated carbocycles. The third-order valence-electron chi connectivity index (χ3n) is 1.77. The van der Waals surface area contributed by atoms with Gasteiger partial charge in [-0.3, -0.25) is 0 Å². The highest BCUT2D eigenvalue weighted by molar-refractivity contribution is 5.45. The van der Waals surface area contributed by atoms with Crippen molar-refractivity contribution in [2.45, 2.75) is 20.3 Å². The summed E-state index contributed by atoms with van der Waals surface area (Å²) in [6, 6.07) is 2.00. The van der Waals surface area contributed by atoms with E-state index in [1.165, 1.54) is 0 Å². The fourth-order valence-corrected chi connectivity index (χ4v) is 1.16. The van der Waals surface area contributed by atoms with Gasteiger partial charge in [-0.25, -0.2) is 4.98 Å². The summed E-state index contributed by atoms with van der Waals surface area (Å²) in [5, 5.41) is 11.8. The molecule has 0 aromatic carbocycles. The predicted octanol–water partition coefficient (Wildman–Crippen LogP) is 2.34. The Balaban J connectivity index is 2.81. The molecule has 15 heavy (non-hydrogen) atoms. The minimum absolute atomic E-state index is 0.313. The van der Waals surface area contributed by atoms with Crippen LogP contribution in [-0.2, 0) is 6.42 Å². The number of oxazole rings is 1. The molecule has 0 aliphatic heterocycles. The van der Waals surface area contributed by atoms with E-state index in [9.17, 15) is 0 Å². The van der Waals surface area contributed by atoms with Gasteiger partial charge in [-0.2, -0.15) is 5.26 Å². The first-order valence-electron chi connectivity index (χ1n) is 4.92. The third-order valence-corrected chi connectivity index (χ3v) is 1.77. The molecule has 0 bridgehead atoms. The second-order valence-electron chi connectivity index (χ2n) is 3.66. The van der Waals surface area contributed by atoms with Gasteiger partial charge >= 0.3 is 0 Å². The number of aromatic nitrogens is 1. The molecule has 0 fully saturated rings. The number of nitriles is 1. The predicted molar refractivity (Wildman–Crippen MR) is 58.4 cm³/mol. The van der Waals surface area contributed by atoms with Crippen molar-refractivity contribution in [3.8, 4) is 6.07 Å². The fourth-order valence-electron chi connectivity index (χ4n) is 1.16. The van der Waals surface area contributed by atoms with E-state index in [1.807, 2.05) is 6.07 Å². The number of nitrogens with zero attached hydrogens (tertiary/aromatic N) is 2. The summed E-state index contributed by atoms with van der Waals surface area (Å²) in [6.07, 6.45) is 2.44. The Morgan fingerprint density at radius 1 is 1.67 bits per heavy atom. The molecule has 1 N–H and O–H groups in total. The van der Waals surface area contributed by atoms with Crippen LogP contribution in [0.1, 0.15) is 25.4 Å². The van der Waals surface area contributed by atoms with E-state index in [2.05, 4.69) is 30.7 Å². The Bertz CT molecular complexity index is 374. The van der Waals surface area contributed by atoms with Crippen LogP contribution in [0.3, 0.4) is 0 Å². The second kappa shape index (κ2) is 5.20. The zero-order valence-electron chi connectivity index (χ0n) is 9.08. The molecule has 80 valence electrons. The van der Waals surface area contributed by atoms with Crippen LogP contribution < -0.4 is 5.32 Å². The SMILES string of the molecule is C=CCNc1oc(CC(C)C)nc1C#N. The lowest BCUT2D eigenvalue weighted by atomic mass is 10.1. The maximum absolute atomic E-state index is 8.83. The summed E-state index contributed by atoms with van der Waals surface area (Å²) >= 11 is 0. The molecular weight excluding hydrogens is 190 g/mol. The van der Waals surface area contributed by atoms with Crippen molar-refractivity contribution < 1.29 is 4.42 Å². The van der Waals surface area contributed by atoms with Gasteiger partial charge in [-0.1, -0.05) is 19.9 Å². The molecule has 1 heterocycles. The van der Waals surface area contributed by atoms with Crippen LogP contribution >= 0.6 is 0 Å². The molecule has 0 spiro atoms. The quantitative estimate of drug-likeness (QED) is 0.749. The van der Waals surface area contributed by atoms with Crippen molar-refractivity contribution in [2.75, 3.05) is 11.9 Å². The highest BCUT2D eigenvalue weighted by Gasteiger charge is 2.12. The average molecular weight is 205 g/mol. The lowest BCUT2D eigenvalue weighted by Gasteiger charge is -1.99. The number of hydrogen-bond donors (Lipinski definition) is 1. The standard InChI is InChI=1S/C11H15N3O/c1-4-5-13-11-9(7-12)14-10(15-11)6-8(2)3/h4,8,13H,1,5-6H2,2-3H3. The van der Waals surface area contributed by atoms with E-state index in [1.54, 1.807) is 6.08 Å². The summed E-state index contributed by atoms with van der Waals surface area (Å²) in [5.41, 5.74) is 0.313. The zero-order chi connectivity index (χ0) is 11.3. The van der Waals surface area contributed by atoms with Gasteiger partial charge in [0.15, 0.2) is 5.89 Å². The Kier molecular flexibility index (Phi) is 3.92. The molecule has 1 rings (SSSR count). The number of anilines is 1. The minimum Gasteiger partial charge on any atom is -0.424 e. The molecule has 0 atom stereocenters. The Morgan fingerprint density at radius 2 is 2.40 bits per heavy atom. The number of nitrogens with one attached hydrogen (secondary N) is 1. The fraction of sp³-hybridized carbons (Fsp3) is 0.455. The Morgan fingerprint density at radius 3 is 2.93 bits per heavy atom. The van der Waals surface area contributed by atoms with Gasteiger partial charge in [0.1, 0.15) is 6.07 Å². The third kappa shape index (κ3) is 3.13. The number of hydrogen-bond acceptors (Lipinski definition) is 4. The van der Waals surface area contributed by atoms with Gasteiger partial charge in [0, 0.05) is 13.0 Å². The second-order valence-corrected chi connectivity index (χ2v) is 3.66.